The Balaban J connectivity index is 1.58. The molecule has 1 N–H and O–H groups in total. The topological polar surface area (TPSA) is 42.0 Å². The van der Waals surface area contributed by atoms with Gasteiger partial charge in [-0.15, -0.1) is 11.3 Å². The lowest BCUT2D eigenvalue weighted by Gasteiger charge is -2.00. The number of aromatic nitrogens is 1. The highest BCUT2D eigenvalue weighted by atomic mass is 32.1. The summed E-state index contributed by atoms with van der Waals surface area (Å²) in [6, 6.07) is 18.1. The van der Waals surface area contributed by atoms with Crippen LogP contribution in [-0.4, -0.2) is 10.9 Å². The highest BCUT2D eigenvalue weighted by Gasteiger charge is 2.01. The van der Waals surface area contributed by atoms with Crippen LogP contribution in [0.15, 0.2) is 73.1 Å². The van der Waals surface area contributed by atoms with E-state index in [1.165, 1.54) is 10.4 Å². The summed E-state index contributed by atoms with van der Waals surface area (Å²) in [5.74, 6) is -0.108. The molecule has 4 heteroatoms. The van der Waals surface area contributed by atoms with Crippen LogP contribution in [0.4, 0.5) is 0 Å². The molecule has 23 heavy (non-hydrogen) atoms. The molecule has 3 nitrogen and oxygen atoms in total. The standard InChI is InChI=1S/C19H16N2OS/c22-19(21-14-15-5-4-12-20-13-15)11-9-17-8-10-18(23-17)16-6-2-1-3-7-16/h1-13H,14H2,(H,21,22)/b11-9+. The highest BCUT2D eigenvalue weighted by molar-refractivity contribution is 7.16. The SMILES string of the molecule is O=C(/C=C/c1ccc(-c2ccccc2)s1)NCc1cccnc1. The molecule has 2 aromatic heterocycles. The van der Waals surface area contributed by atoms with Crippen molar-refractivity contribution in [3.8, 4) is 10.4 Å². The van der Waals surface area contributed by atoms with Crippen molar-refractivity contribution >= 4 is 23.3 Å². The zero-order valence-corrected chi connectivity index (χ0v) is 13.3. The fraction of sp³-hybridized carbons (Fsp3) is 0.0526. The van der Waals surface area contributed by atoms with Gasteiger partial charge in [0, 0.05) is 34.8 Å². The molecule has 1 amide bonds. The van der Waals surface area contributed by atoms with Crippen molar-refractivity contribution in [2.24, 2.45) is 0 Å². The molecule has 3 rings (SSSR count). The molecule has 2 heterocycles. The quantitative estimate of drug-likeness (QED) is 0.718. The fourth-order valence-corrected chi connectivity index (χ4v) is 3.02. The maximum Gasteiger partial charge on any atom is 0.244 e. The van der Waals surface area contributed by atoms with Gasteiger partial charge in [0.2, 0.25) is 5.91 Å². The van der Waals surface area contributed by atoms with Crippen molar-refractivity contribution in [2.45, 2.75) is 6.54 Å². The number of benzene rings is 1. The number of hydrogen-bond donors (Lipinski definition) is 1. The molecule has 0 fully saturated rings. The first kappa shape index (κ1) is 15.2. The third-order valence-corrected chi connectivity index (χ3v) is 4.37. The number of nitrogens with zero attached hydrogens (tertiary/aromatic N) is 1. The predicted molar refractivity (Wildman–Crippen MR) is 94.9 cm³/mol. The third kappa shape index (κ3) is 4.37. The summed E-state index contributed by atoms with van der Waals surface area (Å²) in [5, 5.41) is 2.85. The van der Waals surface area contributed by atoms with Gasteiger partial charge in [-0.2, -0.15) is 0 Å². The first-order chi connectivity index (χ1) is 11.3. The molecule has 0 saturated carbocycles. The molecule has 0 aliphatic heterocycles. The van der Waals surface area contributed by atoms with E-state index >= 15 is 0 Å². The number of nitrogens with one attached hydrogen (secondary N) is 1. The lowest BCUT2D eigenvalue weighted by Crippen LogP contribution is -2.20. The van der Waals surface area contributed by atoms with Crippen molar-refractivity contribution in [2.75, 3.05) is 0 Å². The first-order valence-electron chi connectivity index (χ1n) is 7.31. The van der Waals surface area contributed by atoms with Gasteiger partial charge >= 0.3 is 0 Å². The number of rotatable bonds is 5. The molecule has 3 aromatic rings. The minimum absolute atomic E-state index is 0.108. The molecular formula is C19H16N2OS. The zero-order valence-electron chi connectivity index (χ0n) is 12.5. The smallest absolute Gasteiger partial charge is 0.244 e. The Morgan fingerprint density at radius 3 is 2.74 bits per heavy atom. The van der Waals surface area contributed by atoms with Gasteiger partial charge in [0.1, 0.15) is 0 Å². The molecule has 1 aromatic carbocycles. The molecule has 0 spiro atoms. The van der Waals surface area contributed by atoms with Crippen molar-refractivity contribution in [3.05, 3.63) is 83.5 Å². The number of hydrogen-bond acceptors (Lipinski definition) is 3. The van der Waals surface area contributed by atoms with Crippen molar-refractivity contribution in [3.63, 3.8) is 0 Å². The normalized spacial score (nSPS) is 10.8. The number of amides is 1. The van der Waals surface area contributed by atoms with Gasteiger partial charge in [-0.05, 0) is 35.4 Å². The Morgan fingerprint density at radius 2 is 1.96 bits per heavy atom. The summed E-state index contributed by atoms with van der Waals surface area (Å²) < 4.78 is 0. The van der Waals surface area contributed by atoms with Crippen molar-refractivity contribution in [1.29, 1.82) is 0 Å². The second kappa shape index (κ2) is 7.51. The summed E-state index contributed by atoms with van der Waals surface area (Å²) in [7, 11) is 0. The molecule has 0 atom stereocenters. The first-order valence-corrected chi connectivity index (χ1v) is 8.13. The van der Waals surface area contributed by atoms with Crippen LogP contribution in [0, 0.1) is 0 Å². The van der Waals surface area contributed by atoms with Crippen LogP contribution in [0.1, 0.15) is 10.4 Å². The van der Waals surface area contributed by atoms with Gasteiger partial charge in [-0.3, -0.25) is 9.78 Å². The van der Waals surface area contributed by atoms with Gasteiger partial charge in [-0.25, -0.2) is 0 Å². The zero-order chi connectivity index (χ0) is 15.9. The van der Waals surface area contributed by atoms with Crippen LogP contribution in [0.2, 0.25) is 0 Å². The van der Waals surface area contributed by atoms with Crippen LogP contribution in [0.5, 0.6) is 0 Å². The molecule has 0 unspecified atom stereocenters. The van der Waals surface area contributed by atoms with Crippen LogP contribution in [0.25, 0.3) is 16.5 Å². The van der Waals surface area contributed by atoms with Crippen LogP contribution >= 0.6 is 11.3 Å². The predicted octanol–water partition coefficient (Wildman–Crippen LogP) is 4.14. The van der Waals surface area contributed by atoms with Gasteiger partial charge < -0.3 is 5.32 Å². The Labute approximate surface area is 139 Å². The van der Waals surface area contributed by atoms with E-state index in [0.29, 0.717) is 6.54 Å². The lowest BCUT2D eigenvalue weighted by molar-refractivity contribution is -0.116. The summed E-state index contributed by atoms with van der Waals surface area (Å²) in [6.07, 6.45) is 6.87. The second-order valence-corrected chi connectivity index (χ2v) is 6.10. The average Bonchev–Trinajstić information content (AvgIpc) is 3.09. The van der Waals surface area contributed by atoms with E-state index in [-0.39, 0.29) is 5.91 Å². The van der Waals surface area contributed by atoms with Crippen molar-refractivity contribution < 1.29 is 4.79 Å². The van der Waals surface area contributed by atoms with Crippen LogP contribution in [-0.2, 0) is 11.3 Å². The Kier molecular flexibility index (Phi) is 4.96. The maximum atomic E-state index is 11.9. The molecule has 0 radical (unpaired) electrons. The molecule has 114 valence electrons. The third-order valence-electron chi connectivity index (χ3n) is 3.27. The Morgan fingerprint density at radius 1 is 1.09 bits per heavy atom. The second-order valence-electron chi connectivity index (χ2n) is 4.98. The largest absolute Gasteiger partial charge is 0.348 e. The van der Waals surface area contributed by atoms with E-state index in [4.69, 9.17) is 0 Å². The van der Waals surface area contributed by atoms with E-state index in [9.17, 15) is 4.79 Å². The van der Waals surface area contributed by atoms with E-state index < -0.39 is 0 Å². The minimum Gasteiger partial charge on any atom is -0.348 e. The molecule has 0 aliphatic carbocycles. The van der Waals surface area contributed by atoms with E-state index in [0.717, 1.165) is 10.4 Å². The summed E-state index contributed by atoms with van der Waals surface area (Å²) in [5.41, 5.74) is 2.18. The van der Waals surface area contributed by atoms with Crippen molar-refractivity contribution in [1.82, 2.24) is 10.3 Å². The molecule has 0 aliphatic rings. The molecule has 0 saturated heterocycles. The summed E-state index contributed by atoms with van der Waals surface area (Å²) in [6.45, 7) is 0.483. The highest BCUT2D eigenvalue weighted by Crippen LogP contribution is 2.28. The van der Waals surface area contributed by atoms with Crippen LogP contribution < -0.4 is 5.32 Å². The maximum absolute atomic E-state index is 11.9. The monoisotopic (exact) mass is 320 g/mol. The number of thiophene rings is 1. The van der Waals surface area contributed by atoms with Gasteiger partial charge in [0.05, 0.1) is 0 Å². The van der Waals surface area contributed by atoms with Gasteiger partial charge in [-0.1, -0.05) is 36.4 Å². The minimum atomic E-state index is -0.108. The van der Waals surface area contributed by atoms with Gasteiger partial charge in [0.15, 0.2) is 0 Å². The number of pyridine rings is 1. The fourth-order valence-electron chi connectivity index (χ4n) is 2.11. The van der Waals surface area contributed by atoms with E-state index in [1.54, 1.807) is 29.8 Å². The summed E-state index contributed by atoms with van der Waals surface area (Å²) in [4.78, 5) is 18.1. The Bertz CT molecular complexity index is 795. The van der Waals surface area contributed by atoms with E-state index in [1.807, 2.05) is 42.5 Å². The lowest BCUT2D eigenvalue weighted by atomic mass is 10.2. The van der Waals surface area contributed by atoms with E-state index in [2.05, 4.69) is 28.5 Å². The summed E-state index contributed by atoms with van der Waals surface area (Å²) >= 11 is 1.67. The Hall–Kier alpha value is -2.72. The number of carbonyl (C=O) groups is 1. The van der Waals surface area contributed by atoms with Crippen LogP contribution in [0.3, 0.4) is 0 Å². The molecule has 0 bridgehead atoms. The molecular weight excluding hydrogens is 304 g/mol. The average molecular weight is 320 g/mol. The number of carbonyl (C=O) groups excluding carboxylic acids is 1. The van der Waals surface area contributed by atoms with Gasteiger partial charge in [0.25, 0.3) is 0 Å².